The van der Waals surface area contributed by atoms with Crippen LogP contribution in [0.15, 0.2) is 0 Å². The topological polar surface area (TPSA) is 86.7 Å². The molecular weight excluding hydrogens is 260 g/mol. The maximum Gasteiger partial charge on any atom is 0.326 e. The molecule has 6 nitrogen and oxygen atoms in total. The summed E-state index contributed by atoms with van der Waals surface area (Å²) in [6.07, 6.45) is 0.146. The lowest BCUT2D eigenvalue weighted by molar-refractivity contribution is -0.143. The lowest BCUT2D eigenvalue weighted by atomic mass is 10.0. The Balaban J connectivity index is 2.71. The summed E-state index contributed by atoms with van der Waals surface area (Å²) in [5.74, 6) is -2.14. The number of hydrogen-bond donors (Lipinski definition) is 2. The maximum absolute atomic E-state index is 12.1. The van der Waals surface area contributed by atoms with Crippen molar-refractivity contribution in [3.05, 3.63) is 0 Å². The number of aliphatic carboxylic acids is 1. The van der Waals surface area contributed by atoms with Crippen molar-refractivity contribution in [2.75, 3.05) is 6.54 Å². The van der Waals surface area contributed by atoms with Crippen LogP contribution < -0.4 is 5.32 Å². The van der Waals surface area contributed by atoms with E-state index in [1.807, 2.05) is 20.8 Å². The van der Waals surface area contributed by atoms with Crippen molar-refractivity contribution in [2.24, 2.45) is 11.8 Å². The number of likely N-dealkylation sites (tertiary alicyclic amines) is 1. The number of nitrogens with one attached hydrogen (secondary N) is 1. The van der Waals surface area contributed by atoms with Gasteiger partial charge in [-0.1, -0.05) is 13.8 Å². The van der Waals surface area contributed by atoms with E-state index in [1.165, 1.54) is 0 Å². The Kier molecular flexibility index (Phi) is 4.78. The van der Waals surface area contributed by atoms with E-state index in [2.05, 4.69) is 5.32 Å². The number of carbonyl (C=O) groups is 3. The number of rotatable bonds is 4. The summed E-state index contributed by atoms with van der Waals surface area (Å²) in [6, 6.07) is -0.915. The van der Waals surface area contributed by atoms with Crippen molar-refractivity contribution in [1.82, 2.24) is 10.2 Å². The molecule has 1 fully saturated rings. The monoisotopic (exact) mass is 284 g/mol. The molecule has 0 aromatic carbocycles. The molecule has 2 atom stereocenters. The van der Waals surface area contributed by atoms with Gasteiger partial charge in [0.05, 0.1) is 5.92 Å². The Labute approximate surface area is 119 Å². The highest BCUT2D eigenvalue weighted by molar-refractivity contribution is 5.91. The number of hydrogen-bond acceptors (Lipinski definition) is 3. The van der Waals surface area contributed by atoms with Crippen LogP contribution in [0.25, 0.3) is 0 Å². The number of carboxylic acid groups (broad SMARTS) is 1. The van der Waals surface area contributed by atoms with Crippen LogP contribution in [0.1, 0.15) is 41.0 Å². The molecule has 20 heavy (non-hydrogen) atoms. The van der Waals surface area contributed by atoms with E-state index in [-0.39, 0.29) is 29.7 Å². The molecule has 0 aliphatic carbocycles. The zero-order valence-corrected chi connectivity index (χ0v) is 12.8. The van der Waals surface area contributed by atoms with Crippen molar-refractivity contribution >= 4 is 17.8 Å². The van der Waals surface area contributed by atoms with Crippen LogP contribution in [0.2, 0.25) is 0 Å². The predicted octanol–water partition coefficient (Wildman–Crippen LogP) is 0.859. The number of carboxylic acids is 1. The van der Waals surface area contributed by atoms with Crippen LogP contribution in [0.4, 0.5) is 0 Å². The van der Waals surface area contributed by atoms with E-state index in [1.54, 1.807) is 18.7 Å². The first-order chi connectivity index (χ1) is 9.04. The van der Waals surface area contributed by atoms with Crippen molar-refractivity contribution in [2.45, 2.75) is 52.6 Å². The van der Waals surface area contributed by atoms with Gasteiger partial charge in [-0.05, 0) is 26.7 Å². The third kappa shape index (κ3) is 3.71. The minimum absolute atomic E-state index is 0.0610. The van der Waals surface area contributed by atoms with Gasteiger partial charge in [-0.15, -0.1) is 0 Å². The average Bonchev–Trinajstić information content (AvgIpc) is 2.66. The normalized spacial score (nSPS) is 21.2. The molecule has 114 valence electrons. The Bertz CT molecular complexity index is 412. The van der Waals surface area contributed by atoms with Crippen molar-refractivity contribution in [1.29, 1.82) is 0 Å². The molecule has 1 heterocycles. The average molecular weight is 284 g/mol. The molecule has 2 N–H and O–H groups in total. The lowest BCUT2D eigenvalue weighted by Crippen LogP contribution is -2.48. The van der Waals surface area contributed by atoms with Crippen LogP contribution in [-0.4, -0.2) is 45.9 Å². The fourth-order valence-corrected chi connectivity index (χ4v) is 2.32. The standard InChI is InChI=1S/C14H24N2O4/c1-8(2)11(13(19)20)15-12(18)9-6-10(17)16(7-9)14(3,4)5/h8-9,11H,6-7H2,1-5H3,(H,15,18)(H,19,20). The van der Waals surface area contributed by atoms with Gasteiger partial charge in [-0.25, -0.2) is 4.79 Å². The van der Waals surface area contributed by atoms with Gasteiger partial charge in [0.15, 0.2) is 0 Å². The fraction of sp³-hybridized carbons (Fsp3) is 0.786. The molecule has 1 aliphatic rings. The summed E-state index contributed by atoms with van der Waals surface area (Å²) in [5.41, 5.74) is -0.323. The van der Waals surface area contributed by atoms with Crippen LogP contribution in [-0.2, 0) is 14.4 Å². The highest BCUT2D eigenvalue weighted by atomic mass is 16.4. The molecule has 0 spiro atoms. The Hall–Kier alpha value is -1.59. The van der Waals surface area contributed by atoms with Gasteiger partial charge >= 0.3 is 5.97 Å². The van der Waals surface area contributed by atoms with Gasteiger partial charge in [0.2, 0.25) is 11.8 Å². The second-order valence-corrected chi connectivity index (χ2v) is 6.64. The van der Waals surface area contributed by atoms with Gasteiger partial charge in [0.1, 0.15) is 6.04 Å². The van der Waals surface area contributed by atoms with Crippen molar-refractivity contribution in [3.8, 4) is 0 Å². The molecule has 0 radical (unpaired) electrons. The van der Waals surface area contributed by atoms with Gasteiger partial charge in [-0.2, -0.15) is 0 Å². The maximum atomic E-state index is 12.1. The highest BCUT2D eigenvalue weighted by Crippen LogP contribution is 2.26. The molecule has 6 heteroatoms. The summed E-state index contributed by atoms with van der Waals surface area (Å²) in [6.45, 7) is 9.57. The Morgan fingerprint density at radius 3 is 2.25 bits per heavy atom. The molecule has 1 saturated heterocycles. The summed E-state index contributed by atoms with van der Waals surface area (Å²) in [7, 11) is 0. The first-order valence-corrected chi connectivity index (χ1v) is 6.87. The smallest absolute Gasteiger partial charge is 0.326 e. The minimum atomic E-state index is -1.05. The quantitative estimate of drug-likeness (QED) is 0.801. The molecular formula is C14H24N2O4. The van der Waals surface area contributed by atoms with Crippen molar-refractivity contribution < 1.29 is 19.5 Å². The number of nitrogens with zero attached hydrogens (tertiary/aromatic N) is 1. The predicted molar refractivity (Wildman–Crippen MR) is 74.0 cm³/mol. The van der Waals surface area contributed by atoms with E-state index in [4.69, 9.17) is 5.11 Å². The largest absolute Gasteiger partial charge is 0.480 e. The molecule has 0 bridgehead atoms. The van der Waals surface area contributed by atoms with E-state index in [9.17, 15) is 14.4 Å². The first kappa shape index (κ1) is 16.5. The Morgan fingerprint density at radius 1 is 1.35 bits per heavy atom. The molecule has 0 saturated carbocycles. The second-order valence-electron chi connectivity index (χ2n) is 6.64. The number of carbonyl (C=O) groups excluding carboxylic acids is 2. The van der Waals surface area contributed by atoms with E-state index in [0.717, 1.165) is 0 Å². The van der Waals surface area contributed by atoms with Crippen LogP contribution >= 0.6 is 0 Å². The molecule has 0 aromatic heterocycles. The Morgan fingerprint density at radius 2 is 1.90 bits per heavy atom. The zero-order valence-electron chi connectivity index (χ0n) is 12.8. The second kappa shape index (κ2) is 5.81. The lowest BCUT2D eigenvalue weighted by Gasteiger charge is -2.32. The summed E-state index contributed by atoms with van der Waals surface area (Å²) < 4.78 is 0. The van der Waals surface area contributed by atoms with Crippen LogP contribution in [0, 0.1) is 11.8 Å². The number of amides is 2. The SMILES string of the molecule is CC(C)C(NC(=O)C1CC(=O)N(C(C)(C)C)C1)C(=O)O. The van der Waals surface area contributed by atoms with E-state index < -0.39 is 17.9 Å². The third-order valence-electron chi connectivity index (χ3n) is 3.54. The fourth-order valence-electron chi connectivity index (χ4n) is 2.32. The summed E-state index contributed by atoms with van der Waals surface area (Å²) >= 11 is 0. The minimum Gasteiger partial charge on any atom is -0.480 e. The summed E-state index contributed by atoms with van der Waals surface area (Å²) in [4.78, 5) is 36.8. The van der Waals surface area contributed by atoms with Crippen molar-refractivity contribution in [3.63, 3.8) is 0 Å². The van der Waals surface area contributed by atoms with E-state index in [0.29, 0.717) is 6.54 Å². The molecule has 0 aromatic rings. The first-order valence-electron chi connectivity index (χ1n) is 6.87. The van der Waals surface area contributed by atoms with Gasteiger partial charge in [-0.3, -0.25) is 9.59 Å². The van der Waals surface area contributed by atoms with Crippen LogP contribution in [0.3, 0.4) is 0 Å². The molecule has 1 aliphatic heterocycles. The van der Waals surface area contributed by atoms with Gasteiger partial charge in [0, 0.05) is 18.5 Å². The van der Waals surface area contributed by atoms with Gasteiger partial charge < -0.3 is 15.3 Å². The highest BCUT2D eigenvalue weighted by Gasteiger charge is 2.40. The van der Waals surface area contributed by atoms with Crippen LogP contribution in [0.5, 0.6) is 0 Å². The molecule has 2 unspecified atom stereocenters. The zero-order chi connectivity index (χ0) is 15.7. The van der Waals surface area contributed by atoms with Gasteiger partial charge in [0.25, 0.3) is 0 Å². The third-order valence-corrected chi connectivity index (χ3v) is 3.54. The summed E-state index contributed by atoms with van der Waals surface area (Å²) in [5, 5.41) is 11.6. The molecule has 1 rings (SSSR count). The molecule has 2 amide bonds. The van der Waals surface area contributed by atoms with E-state index >= 15 is 0 Å².